The lowest BCUT2D eigenvalue weighted by Crippen LogP contribution is -2.39. The summed E-state index contributed by atoms with van der Waals surface area (Å²) < 4.78 is 0. The fourth-order valence-electron chi connectivity index (χ4n) is 3.63. The molecule has 2 aliphatic carbocycles. The Balaban J connectivity index is 1.73. The first kappa shape index (κ1) is 14.7. The molecule has 0 aromatic heterocycles. The molecule has 2 heteroatoms. The lowest BCUT2D eigenvalue weighted by Gasteiger charge is -2.32. The highest BCUT2D eigenvalue weighted by Crippen LogP contribution is 2.32. The normalized spacial score (nSPS) is 25.2. The van der Waals surface area contributed by atoms with Crippen LogP contribution in [0.3, 0.4) is 0 Å². The van der Waals surface area contributed by atoms with E-state index in [1.165, 1.54) is 70.0 Å². The molecule has 2 aliphatic rings. The van der Waals surface area contributed by atoms with Gasteiger partial charge in [-0.1, -0.05) is 45.4 Å². The molecule has 1 unspecified atom stereocenters. The van der Waals surface area contributed by atoms with Gasteiger partial charge in [0, 0.05) is 17.0 Å². The van der Waals surface area contributed by atoms with Gasteiger partial charge in [0.1, 0.15) is 0 Å². The van der Waals surface area contributed by atoms with Gasteiger partial charge in [0.2, 0.25) is 0 Å². The van der Waals surface area contributed by atoms with Gasteiger partial charge in [-0.15, -0.1) is 0 Å². The van der Waals surface area contributed by atoms with Crippen LogP contribution in [0.5, 0.6) is 0 Å². The Bertz CT molecular complexity index is 207. The van der Waals surface area contributed by atoms with E-state index in [1.807, 2.05) is 0 Å². The third-order valence-corrected chi connectivity index (χ3v) is 6.24. The summed E-state index contributed by atoms with van der Waals surface area (Å²) in [6, 6.07) is 0.794. The Morgan fingerprint density at radius 1 is 0.944 bits per heavy atom. The van der Waals surface area contributed by atoms with Crippen molar-refractivity contribution in [3.05, 3.63) is 0 Å². The summed E-state index contributed by atoms with van der Waals surface area (Å²) in [6.45, 7) is 3.41. The summed E-state index contributed by atoms with van der Waals surface area (Å²) in [4.78, 5) is 0. The Hall–Kier alpha value is 0.310. The van der Waals surface area contributed by atoms with E-state index >= 15 is 0 Å². The minimum absolute atomic E-state index is 0.794. The van der Waals surface area contributed by atoms with Crippen LogP contribution in [0.15, 0.2) is 0 Å². The van der Waals surface area contributed by atoms with Gasteiger partial charge >= 0.3 is 0 Å². The topological polar surface area (TPSA) is 12.0 Å². The van der Waals surface area contributed by atoms with Crippen LogP contribution in [0, 0.1) is 5.92 Å². The number of hydrogen-bond donors (Lipinski definition) is 1. The molecule has 2 rings (SSSR count). The molecular formula is C16H31NS. The van der Waals surface area contributed by atoms with Gasteiger partial charge in [0.25, 0.3) is 0 Å². The second kappa shape index (κ2) is 8.47. The van der Waals surface area contributed by atoms with Gasteiger partial charge in [-0.3, -0.25) is 0 Å². The van der Waals surface area contributed by atoms with Crippen molar-refractivity contribution in [3.63, 3.8) is 0 Å². The predicted octanol–water partition coefficient (Wildman–Crippen LogP) is 4.61. The molecule has 1 nitrogen and oxygen atoms in total. The Morgan fingerprint density at radius 3 is 2.17 bits per heavy atom. The van der Waals surface area contributed by atoms with Crippen molar-refractivity contribution >= 4 is 11.8 Å². The zero-order valence-electron chi connectivity index (χ0n) is 12.1. The van der Waals surface area contributed by atoms with Crippen LogP contribution in [0.4, 0.5) is 0 Å². The van der Waals surface area contributed by atoms with Gasteiger partial charge in [-0.05, 0) is 38.1 Å². The molecule has 18 heavy (non-hydrogen) atoms. The van der Waals surface area contributed by atoms with Gasteiger partial charge < -0.3 is 5.32 Å². The van der Waals surface area contributed by atoms with Crippen molar-refractivity contribution < 1.29 is 0 Å². The van der Waals surface area contributed by atoms with Crippen LogP contribution in [-0.4, -0.2) is 23.6 Å². The maximum absolute atomic E-state index is 3.77. The molecule has 0 aromatic rings. The van der Waals surface area contributed by atoms with Gasteiger partial charge in [0.15, 0.2) is 0 Å². The van der Waals surface area contributed by atoms with E-state index in [9.17, 15) is 0 Å². The van der Waals surface area contributed by atoms with Crippen molar-refractivity contribution in [2.75, 3.05) is 12.3 Å². The second-order valence-electron chi connectivity index (χ2n) is 6.16. The van der Waals surface area contributed by atoms with Crippen molar-refractivity contribution in [2.45, 2.75) is 82.4 Å². The van der Waals surface area contributed by atoms with Crippen LogP contribution < -0.4 is 5.32 Å². The van der Waals surface area contributed by atoms with Crippen LogP contribution in [-0.2, 0) is 0 Å². The first-order chi connectivity index (χ1) is 8.90. The molecule has 2 fully saturated rings. The zero-order chi connectivity index (χ0) is 12.6. The maximum atomic E-state index is 3.77. The molecular weight excluding hydrogens is 238 g/mol. The highest BCUT2D eigenvalue weighted by Gasteiger charge is 2.24. The summed E-state index contributed by atoms with van der Waals surface area (Å²) in [7, 11) is 0. The van der Waals surface area contributed by atoms with Crippen molar-refractivity contribution in [1.82, 2.24) is 5.32 Å². The highest BCUT2D eigenvalue weighted by atomic mass is 32.2. The number of thioether (sulfide) groups is 1. The third-order valence-electron chi connectivity index (χ3n) is 4.75. The minimum Gasteiger partial charge on any atom is -0.313 e. The van der Waals surface area contributed by atoms with Crippen molar-refractivity contribution in [1.29, 1.82) is 0 Å². The second-order valence-corrected chi connectivity index (χ2v) is 7.49. The zero-order valence-corrected chi connectivity index (χ0v) is 12.9. The molecule has 0 radical (unpaired) electrons. The van der Waals surface area contributed by atoms with E-state index in [1.54, 1.807) is 0 Å². The molecule has 1 N–H and O–H groups in total. The molecule has 0 aliphatic heterocycles. The number of hydrogen-bond acceptors (Lipinski definition) is 2. The van der Waals surface area contributed by atoms with Gasteiger partial charge in [-0.2, -0.15) is 11.8 Å². The monoisotopic (exact) mass is 269 g/mol. The summed E-state index contributed by atoms with van der Waals surface area (Å²) in [5, 5.41) is 4.75. The van der Waals surface area contributed by atoms with Crippen molar-refractivity contribution in [3.8, 4) is 0 Å². The molecule has 0 heterocycles. The summed E-state index contributed by atoms with van der Waals surface area (Å²) in [5.74, 6) is 2.33. The molecule has 0 saturated heterocycles. The SMILES string of the molecule is CCNC(CSC1CCCCC1)C1CCCCC1. The largest absolute Gasteiger partial charge is 0.313 e. The molecule has 2 saturated carbocycles. The van der Waals surface area contributed by atoms with E-state index in [-0.39, 0.29) is 0 Å². The maximum Gasteiger partial charge on any atom is 0.0186 e. The smallest absolute Gasteiger partial charge is 0.0186 e. The molecule has 0 spiro atoms. The fraction of sp³-hybridized carbons (Fsp3) is 1.00. The highest BCUT2D eigenvalue weighted by molar-refractivity contribution is 7.99. The van der Waals surface area contributed by atoms with E-state index in [2.05, 4.69) is 24.0 Å². The average molecular weight is 269 g/mol. The lowest BCUT2D eigenvalue weighted by molar-refractivity contribution is 0.287. The van der Waals surface area contributed by atoms with Crippen LogP contribution in [0.2, 0.25) is 0 Å². The Morgan fingerprint density at radius 2 is 1.56 bits per heavy atom. The Labute approximate surface area is 118 Å². The van der Waals surface area contributed by atoms with E-state index in [0.29, 0.717) is 0 Å². The van der Waals surface area contributed by atoms with E-state index < -0.39 is 0 Å². The van der Waals surface area contributed by atoms with Crippen LogP contribution in [0.25, 0.3) is 0 Å². The molecule has 1 atom stereocenters. The predicted molar refractivity (Wildman–Crippen MR) is 83.4 cm³/mol. The fourth-order valence-corrected chi connectivity index (χ4v) is 5.17. The number of rotatable bonds is 6. The Kier molecular flexibility index (Phi) is 6.93. The first-order valence-electron chi connectivity index (χ1n) is 8.25. The van der Waals surface area contributed by atoms with Crippen LogP contribution in [0.1, 0.15) is 71.1 Å². The van der Waals surface area contributed by atoms with Gasteiger partial charge in [-0.25, -0.2) is 0 Å². The first-order valence-corrected chi connectivity index (χ1v) is 9.30. The summed E-state index contributed by atoms with van der Waals surface area (Å²) in [5.41, 5.74) is 0. The molecule has 0 bridgehead atoms. The third kappa shape index (κ3) is 4.77. The summed E-state index contributed by atoms with van der Waals surface area (Å²) in [6.07, 6.45) is 14.8. The number of nitrogens with one attached hydrogen (secondary N) is 1. The van der Waals surface area contributed by atoms with E-state index in [4.69, 9.17) is 0 Å². The van der Waals surface area contributed by atoms with E-state index in [0.717, 1.165) is 23.8 Å². The standard InChI is InChI=1S/C16H31NS/c1-2-17-16(14-9-5-3-6-10-14)13-18-15-11-7-4-8-12-15/h14-17H,2-13H2,1H3. The molecule has 0 amide bonds. The van der Waals surface area contributed by atoms with Gasteiger partial charge in [0.05, 0.1) is 0 Å². The molecule has 0 aromatic carbocycles. The quantitative estimate of drug-likeness (QED) is 0.755. The van der Waals surface area contributed by atoms with Crippen molar-refractivity contribution in [2.24, 2.45) is 5.92 Å². The molecule has 106 valence electrons. The average Bonchev–Trinajstić information content (AvgIpc) is 2.45. The minimum atomic E-state index is 0.794. The lowest BCUT2D eigenvalue weighted by atomic mass is 9.84. The van der Waals surface area contributed by atoms with Crippen LogP contribution >= 0.6 is 11.8 Å². The summed E-state index contributed by atoms with van der Waals surface area (Å²) >= 11 is 2.28.